The predicted octanol–water partition coefficient (Wildman–Crippen LogP) is 0.790. The average Bonchev–Trinajstić information content (AvgIpc) is 2.38. The van der Waals surface area contributed by atoms with E-state index < -0.39 is 0 Å². The Bertz CT molecular complexity index is 494. The van der Waals surface area contributed by atoms with Gasteiger partial charge in [-0.2, -0.15) is 5.26 Å². The minimum atomic E-state index is -0.0251. The van der Waals surface area contributed by atoms with Crippen molar-refractivity contribution in [2.75, 3.05) is 32.0 Å². The summed E-state index contributed by atoms with van der Waals surface area (Å²) in [5.41, 5.74) is 1.22. The molecule has 1 heterocycles. The molecule has 1 aliphatic rings. The molecule has 0 aliphatic carbocycles. The van der Waals surface area contributed by atoms with Gasteiger partial charge >= 0.3 is 0 Å². The van der Waals surface area contributed by atoms with Crippen molar-refractivity contribution in [1.29, 1.82) is 5.26 Å². The van der Waals surface area contributed by atoms with Gasteiger partial charge in [0.2, 0.25) is 5.91 Å². The number of carbonyl (C=O) groups is 1. The molecule has 1 saturated heterocycles. The number of nitrogens with one attached hydrogen (secondary N) is 2. The fourth-order valence-electron chi connectivity index (χ4n) is 2.23. The lowest BCUT2D eigenvalue weighted by Gasteiger charge is -2.30. The molecule has 1 aromatic rings. The van der Waals surface area contributed by atoms with Crippen LogP contribution in [0.4, 0.5) is 5.69 Å². The first kappa shape index (κ1) is 13.5. The highest BCUT2D eigenvalue weighted by Gasteiger charge is 2.19. The second-order valence-electron chi connectivity index (χ2n) is 4.86. The smallest absolute Gasteiger partial charge is 0.225 e. The summed E-state index contributed by atoms with van der Waals surface area (Å²) < 4.78 is 0. The van der Waals surface area contributed by atoms with E-state index in [2.05, 4.69) is 28.7 Å². The Morgan fingerprint density at radius 1 is 1.63 bits per heavy atom. The van der Waals surface area contributed by atoms with E-state index in [1.807, 2.05) is 0 Å². The van der Waals surface area contributed by atoms with Gasteiger partial charge in [0.15, 0.2) is 0 Å². The third-order valence-corrected chi connectivity index (χ3v) is 3.17. The highest BCUT2D eigenvalue weighted by Crippen LogP contribution is 2.11. The zero-order valence-electron chi connectivity index (χ0n) is 11.0. The van der Waals surface area contributed by atoms with E-state index in [0.29, 0.717) is 17.7 Å². The third kappa shape index (κ3) is 4.05. The van der Waals surface area contributed by atoms with E-state index in [1.165, 1.54) is 0 Å². The van der Waals surface area contributed by atoms with E-state index in [-0.39, 0.29) is 11.9 Å². The van der Waals surface area contributed by atoms with Gasteiger partial charge in [0.05, 0.1) is 11.6 Å². The number of hydrogen-bond donors (Lipinski definition) is 2. The van der Waals surface area contributed by atoms with Gasteiger partial charge in [0.25, 0.3) is 0 Å². The number of piperazine rings is 1. The van der Waals surface area contributed by atoms with Crippen LogP contribution in [0.5, 0.6) is 0 Å². The number of amides is 1. The molecule has 0 spiro atoms. The number of hydrogen-bond acceptors (Lipinski definition) is 4. The summed E-state index contributed by atoms with van der Waals surface area (Å²) in [4.78, 5) is 14.1. The molecule has 100 valence electrons. The van der Waals surface area contributed by atoms with Crippen LogP contribution in [-0.2, 0) is 4.79 Å². The number of benzene rings is 1. The van der Waals surface area contributed by atoms with Gasteiger partial charge in [-0.3, -0.25) is 4.79 Å². The summed E-state index contributed by atoms with van der Waals surface area (Å²) in [5, 5.41) is 15.0. The minimum Gasteiger partial charge on any atom is -0.326 e. The molecule has 5 nitrogen and oxygen atoms in total. The minimum absolute atomic E-state index is 0.0251. The standard InChI is InChI=1S/C14H18N4O/c1-18-6-5-16-13(10-18)8-14(19)17-12-4-2-3-11(7-12)9-15/h2-4,7,13,16H,5-6,8,10H2,1H3,(H,17,19). The van der Waals surface area contributed by atoms with Crippen LogP contribution in [0.2, 0.25) is 0 Å². The number of likely N-dealkylation sites (N-methyl/N-ethyl adjacent to an activating group) is 1. The van der Waals surface area contributed by atoms with Crippen LogP contribution in [0, 0.1) is 11.3 Å². The van der Waals surface area contributed by atoms with E-state index in [1.54, 1.807) is 24.3 Å². The molecule has 2 rings (SSSR count). The molecular formula is C14H18N4O. The van der Waals surface area contributed by atoms with Crippen molar-refractivity contribution in [1.82, 2.24) is 10.2 Å². The monoisotopic (exact) mass is 258 g/mol. The van der Waals surface area contributed by atoms with Gasteiger partial charge in [0, 0.05) is 37.8 Å². The highest BCUT2D eigenvalue weighted by atomic mass is 16.1. The Labute approximate surface area is 113 Å². The maximum atomic E-state index is 11.9. The van der Waals surface area contributed by atoms with Crippen LogP contribution in [0.1, 0.15) is 12.0 Å². The van der Waals surface area contributed by atoms with Crippen LogP contribution in [0.3, 0.4) is 0 Å². The van der Waals surface area contributed by atoms with Crippen molar-refractivity contribution in [3.63, 3.8) is 0 Å². The normalized spacial score (nSPS) is 19.7. The Kier molecular flexibility index (Phi) is 4.50. The van der Waals surface area contributed by atoms with Gasteiger partial charge < -0.3 is 15.5 Å². The lowest BCUT2D eigenvalue weighted by molar-refractivity contribution is -0.116. The van der Waals surface area contributed by atoms with Gasteiger partial charge in [0.1, 0.15) is 0 Å². The molecular weight excluding hydrogens is 240 g/mol. The number of carbonyl (C=O) groups excluding carboxylic acids is 1. The summed E-state index contributed by atoms with van der Waals surface area (Å²) in [6.45, 7) is 2.81. The summed E-state index contributed by atoms with van der Waals surface area (Å²) >= 11 is 0. The van der Waals surface area contributed by atoms with Gasteiger partial charge in [-0.15, -0.1) is 0 Å². The molecule has 19 heavy (non-hydrogen) atoms. The van der Waals surface area contributed by atoms with Crippen LogP contribution >= 0.6 is 0 Å². The first-order valence-electron chi connectivity index (χ1n) is 6.39. The Hall–Kier alpha value is -1.90. The van der Waals surface area contributed by atoms with Gasteiger partial charge in [-0.1, -0.05) is 6.07 Å². The zero-order chi connectivity index (χ0) is 13.7. The number of rotatable bonds is 3. The average molecular weight is 258 g/mol. The molecule has 2 N–H and O–H groups in total. The second kappa shape index (κ2) is 6.32. The maximum absolute atomic E-state index is 11.9. The molecule has 0 bridgehead atoms. The zero-order valence-corrected chi connectivity index (χ0v) is 11.0. The third-order valence-electron chi connectivity index (χ3n) is 3.17. The molecule has 1 aromatic carbocycles. The maximum Gasteiger partial charge on any atom is 0.225 e. The molecule has 1 fully saturated rings. The summed E-state index contributed by atoms with van der Waals surface area (Å²) in [7, 11) is 2.06. The predicted molar refractivity (Wildman–Crippen MR) is 73.7 cm³/mol. The molecule has 1 aliphatic heterocycles. The van der Waals surface area contributed by atoms with Crippen LogP contribution in [0.15, 0.2) is 24.3 Å². The van der Waals surface area contributed by atoms with Crippen molar-refractivity contribution < 1.29 is 4.79 Å². The van der Waals surface area contributed by atoms with E-state index >= 15 is 0 Å². The van der Waals surface area contributed by atoms with E-state index in [4.69, 9.17) is 5.26 Å². The number of nitrogens with zero attached hydrogens (tertiary/aromatic N) is 2. The summed E-state index contributed by atoms with van der Waals surface area (Å²) in [5.74, 6) is -0.0251. The van der Waals surface area contributed by atoms with Gasteiger partial charge in [-0.05, 0) is 25.2 Å². The molecule has 1 atom stereocenters. The fourth-order valence-corrected chi connectivity index (χ4v) is 2.23. The fraction of sp³-hybridized carbons (Fsp3) is 0.429. The topological polar surface area (TPSA) is 68.2 Å². The molecule has 5 heteroatoms. The molecule has 1 amide bonds. The first-order chi connectivity index (χ1) is 9.17. The lowest BCUT2D eigenvalue weighted by Crippen LogP contribution is -2.50. The molecule has 0 saturated carbocycles. The van der Waals surface area contributed by atoms with E-state index in [9.17, 15) is 4.79 Å². The van der Waals surface area contributed by atoms with Crippen LogP contribution in [-0.4, -0.2) is 43.5 Å². The van der Waals surface area contributed by atoms with E-state index in [0.717, 1.165) is 19.6 Å². The van der Waals surface area contributed by atoms with Crippen LogP contribution < -0.4 is 10.6 Å². The number of nitriles is 1. The quantitative estimate of drug-likeness (QED) is 0.841. The van der Waals surface area contributed by atoms with Crippen molar-refractivity contribution in [3.05, 3.63) is 29.8 Å². The summed E-state index contributed by atoms with van der Waals surface area (Å²) in [6.07, 6.45) is 0.446. The Morgan fingerprint density at radius 2 is 2.47 bits per heavy atom. The second-order valence-corrected chi connectivity index (χ2v) is 4.86. The summed E-state index contributed by atoms with van der Waals surface area (Å²) in [6, 6.07) is 9.20. The van der Waals surface area contributed by atoms with Crippen molar-refractivity contribution in [2.24, 2.45) is 0 Å². The Morgan fingerprint density at radius 3 is 3.21 bits per heavy atom. The highest BCUT2D eigenvalue weighted by molar-refractivity contribution is 5.91. The molecule has 0 radical (unpaired) electrons. The number of anilines is 1. The van der Waals surface area contributed by atoms with Crippen molar-refractivity contribution in [2.45, 2.75) is 12.5 Å². The van der Waals surface area contributed by atoms with Crippen molar-refractivity contribution in [3.8, 4) is 6.07 Å². The Balaban J connectivity index is 1.88. The van der Waals surface area contributed by atoms with Crippen molar-refractivity contribution >= 4 is 11.6 Å². The van der Waals surface area contributed by atoms with Crippen LogP contribution in [0.25, 0.3) is 0 Å². The SMILES string of the molecule is CN1CCNC(CC(=O)Nc2cccc(C#N)c2)C1. The van der Waals surface area contributed by atoms with Gasteiger partial charge in [-0.25, -0.2) is 0 Å². The first-order valence-corrected chi connectivity index (χ1v) is 6.39. The largest absolute Gasteiger partial charge is 0.326 e. The molecule has 1 unspecified atom stereocenters. The lowest BCUT2D eigenvalue weighted by atomic mass is 10.1. The molecule has 0 aromatic heterocycles.